The highest BCUT2D eigenvalue weighted by Crippen LogP contribution is 2.04. The van der Waals surface area contributed by atoms with E-state index in [1.807, 2.05) is 0 Å². The third-order valence-electron chi connectivity index (χ3n) is 3.67. The van der Waals surface area contributed by atoms with Crippen LogP contribution in [0.3, 0.4) is 0 Å². The Morgan fingerprint density at radius 3 is 2.22 bits per heavy atom. The Labute approximate surface area is 161 Å². The predicted molar refractivity (Wildman–Crippen MR) is 101 cm³/mol. The number of nitrogens with one attached hydrogen (secondary N) is 2. The van der Waals surface area contributed by atoms with Gasteiger partial charge in [-0.3, -0.25) is 19.2 Å². The highest BCUT2D eigenvalue weighted by Gasteiger charge is 2.12. The maximum Gasteiger partial charge on any atom is 0.246 e. The number of hydrogen-bond donors (Lipinski definition) is 2. The summed E-state index contributed by atoms with van der Waals surface area (Å²) in [7, 11) is 0. The molecule has 8 nitrogen and oxygen atoms in total. The zero-order valence-corrected chi connectivity index (χ0v) is 16.8. The van der Waals surface area contributed by atoms with Crippen LogP contribution in [-0.2, 0) is 28.7 Å². The van der Waals surface area contributed by atoms with Crippen LogP contribution in [0.5, 0.6) is 0 Å². The van der Waals surface area contributed by atoms with E-state index in [2.05, 4.69) is 17.2 Å². The number of ketones is 2. The maximum atomic E-state index is 11.6. The molecule has 2 N–H and O–H groups in total. The molecule has 0 radical (unpaired) electrons. The molecule has 0 saturated heterocycles. The van der Waals surface area contributed by atoms with Crippen LogP contribution in [-0.4, -0.2) is 55.8 Å². The van der Waals surface area contributed by atoms with Crippen molar-refractivity contribution in [3.63, 3.8) is 0 Å². The molecule has 0 aliphatic heterocycles. The Morgan fingerprint density at radius 1 is 1.00 bits per heavy atom. The van der Waals surface area contributed by atoms with Gasteiger partial charge in [0.25, 0.3) is 0 Å². The molecular weight excluding hydrogens is 352 g/mol. The van der Waals surface area contributed by atoms with Gasteiger partial charge in [-0.15, -0.1) is 0 Å². The largest absolute Gasteiger partial charge is 0.498 e. The molecule has 0 heterocycles. The lowest BCUT2D eigenvalue weighted by Gasteiger charge is -2.14. The summed E-state index contributed by atoms with van der Waals surface area (Å²) in [6.45, 7) is 10.9. The molecule has 0 aromatic rings. The Balaban J connectivity index is 3.83. The van der Waals surface area contributed by atoms with E-state index in [0.29, 0.717) is 18.6 Å². The van der Waals surface area contributed by atoms with Crippen LogP contribution in [0.2, 0.25) is 0 Å². The molecule has 0 rings (SSSR count). The Hall–Kier alpha value is -2.22. The van der Waals surface area contributed by atoms with Gasteiger partial charge < -0.3 is 20.1 Å². The summed E-state index contributed by atoms with van der Waals surface area (Å²) >= 11 is 0. The molecule has 0 aromatic heterocycles. The first-order valence-electron chi connectivity index (χ1n) is 9.15. The quantitative estimate of drug-likeness (QED) is 0.410. The minimum absolute atomic E-state index is 0.00307. The summed E-state index contributed by atoms with van der Waals surface area (Å²) in [6.07, 6.45) is 0.633. The number of ether oxygens (including phenoxy) is 2. The van der Waals surface area contributed by atoms with Crippen molar-refractivity contribution >= 4 is 23.4 Å². The second kappa shape index (κ2) is 13.9. The molecule has 0 spiro atoms. The van der Waals surface area contributed by atoms with Crippen LogP contribution in [0.25, 0.3) is 0 Å². The van der Waals surface area contributed by atoms with Crippen molar-refractivity contribution in [1.82, 2.24) is 10.6 Å². The van der Waals surface area contributed by atoms with Crippen LogP contribution in [0.1, 0.15) is 47.0 Å². The third-order valence-corrected chi connectivity index (χ3v) is 3.67. The van der Waals surface area contributed by atoms with Gasteiger partial charge in [0.2, 0.25) is 11.8 Å². The topological polar surface area (TPSA) is 111 Å². The zero-order chi connectivity index (χ0) is 20.8. The van der Waals surface area contributed by atoms with Crippen molar-refractivity contribution in [2.24, 2.45) is 5.92 Å². The maximum absolute atomic E-state index is 11.6. The van der Waals surface area contributed by atoms with Gasteiger partial charge in [-0.05, 0) is 6.92 Å². The van der Waals surface area contributed by atoms with Gasteiger partial charge in [-0.25, -0.2) is 0 Å². The first-order chi connectivity index (χ1) is 12.6. The fourth-order valence-electron chi connectivity index (χ4n) is 1.73. The van der Waals surface area contributed by atoms with Crippen LogP contribution in [0.4, 0.5) is 0 Å². The highest BCUT2D eigenvalue weighted by atomic mass is 16.5. The Bertz CT molecular complexity index is 530. The molecule has 8 heteroatoms. The van der Waals surface area contributed by atoms with Gasteiger partial charge in [0.1, 0.15) is 6.61 Å². The fraction of sp³-hybridized carbons (Fsp3) is 0.684. The van der Waals surface area contributed by atoms with E-state index in [1.165, 1.54) is 0 Å². The van der Waals surface area contributed by atoms with E-state index in [4.69, 9.17) is 9.47 Å². The minimum Gasteiger partial charge on any atom is -0.498 e. The van der Waals surface area contributed by atoms with Crippen molar-refractivity contribution in [2.45, 2.75) is 53.1 Å². The van der Waals surface area contributed by atoms with E-state index in [0.717, 1.165) is 0 Å². The molecule has 1 atom stereocenters. The highest BCUT2D eigenvalue weighted by molar-refractivity contribution is 5.87. The van der Waals surface area contributed by atoms with E-state index < -0.39 is 0 Å². The first kappa shape index (κ1) is 24.8. The number of amides is 2. The average molecular weight is 384 g/mol. The number of hydrogen-bond acceptors (Lipinski definition) is 6. The third kappa shape index (κ3) is 13.6. The van der Waals surface area contributed by atoms with Gasteiger partial charge in [0.15, 0.2) is 11.6 Å². The number of carbonyl (C=O) groups is 4. The lowest BCUT2D eigenvalue weighted by atomic mass is 10.1. The van der Waals surface area contributed by atoms with Gasteiger partial charge in [0, 0.05) is 18.8 Å². The molecular formula is C19H32N2O6. The van der Waals surface area contributed by atoms with Gasteiger partial charge in [-0.2, -0.15) is 0 Å². The standard InChI is InChI=1S/C19H32N2O6/c1-6-16(22)10-20-18(24)9-15(5)26-8-7-14(4)27-12-19(25)21-11-17(23)13(2)3/h13-14H,5-12H2,1-4H3,(H,20,24)(H,21,25). The van der Waals surface area contributed by atoms with E-state index >= 15 is 0 Å². The second-order valence-electron chi connectivity index (χ2n) is 6.54. The summed E-state index contributed by atoms with van der Waals surface area (Å²) in [4.78, 5) is 45.8. The summed E-state index contributed by atoms with van der Waals surface area (Å²) in [5, 5.41) is 5.01. The predicted octanol–water partition coefficient (Wildman–Crippen LogP) is 1.14. The summed E-state index contributed by atoms with van der Waals surface area (Å²) in [5.41, 5.74) is 0. The molecule has 0 saturated carbocycles. The molecule has 0 aromatic carbocycles. The molecule has 154 valence electrons. The average Bonchev–Trinajstić information content (AvgIpc) is 2.61. The Kier molecular flexibility index (Phi) is 12.8. The number of carbonyl (C=O) groups excluding carboxylic acids is 4. The second-order valence-corrected chi connectivity index (χ2v) is 6.54. The van der Waals surface area contributed by atoms with Gasteiger partial charge in [0.05, 0.1) is 38.0 Å². The lowest BCUT2D eigenvalue weighted by Crippen LogP contribution is -2.35. The normalized spacial score (nSPS) is 11.6. The monoisotopic (exact) mass is 384 g/mol. The first-order valence-corrected chi connectivity index (χ1v) is 9.15. The molecule has 1 unspecified atom stereocenters. The number of Topliss-reactive ketones (excluding diaryl/α,β-unsaturated/α-hetero) is 2. The smallest absolute Gasteiger partial charge is 0.246 e. The zero-order valence-electron chi connectivity index (χ0n) is 16.8. The summed E-state index contributed by atoms with van der Waals surface area (Å²) < 4.78 is 10.8. The lowest BCUT2D eigenvalue weighted by molar-refractivity contribution is -0.130. The van der Waals surface area contributed by atoms with Crippen LogP contribution < -0.4 is 10.6 Å². The molecule has 0 aliphatic rings. The summed E-state index contributed by atoms with van der Waals surface area (Å²) in [6, 6.07) is 0. The summed E-state index contributed by atoms with van der Waals surface area (Å²) in [5.74, 6) is -0.568. The number of rotatable bonds is 15. The molecule has 0 fully saturated rings. The van der Waals surface area contributed by atoms with E-state index in [1.54, 1.807) is 27.7 Å². The van der Waals surface area contributed by atoms with Crippen LogP contribution >= 0.6 is 0 Å². The van der Waals surface area contributed by atoms with Gasteiger partial charge in [-0.1, -0.05) is 27.4 Å². The van der Waals surface area contributed by atoms with Crippen molar-refractivity contribution in [3.05, 3.63) is 12.3 Å². The molecule has 0 aliphatic carbocycles. The van der Waals surface area contributed by atoms with Crippen molar-refractivity contribution in [1.29, 1.82) is 0 Å². The molecule has 2 amide bonds. The Morgan fingerprint density at radius 2 is 1.63 bits per heavy atom. The van der Waals surface area contributed by atoms with Crippen molar-refractivity contribution < 1.29 is 28.7 Å². The minimum atomic E-state index is -0.348. The van der Waals surface area contributed by atoms with Crippen LogP contribution in [0.15, 0.2) is 12.3 Å². The SMILES string of the molecule is C=C(CC(=O)NCC(=O)CC)OCCC(C)OCC(=O)NCC(=O)C(C)C. The van der Waals surface area contributed by atoms with E-state index in [-0.39, 0.29) is 68.1 Å². The van der Waals surface area contributed by atoms with E-state index in [9.17, 15) is 19.2 Å². The van der Waals surface area contributed by atoms with Gasteiger partial charge >= 0.3 is 0 Å². The molecule has 27 heavy (non-hydrogen) atoms. The van der Waals surface area contributed by atoms with Crippen LogP contribution in [0, 0.1) is 5.92 Å². The fourth-order valence-corrected chi connectivity index (χ4v) is 1.73. The molecule has 0 bridgehead atoms. The van der Waals surface area contributed by atoms with Crippen molar-refractivity contribution in [2.75, 3.05) is 26.3 Å². The van der Waals surface area contributed by atoms with Crippen molar-refractivity contribution in [3.8, 4) is 0 Å².